The fourth-order valence-electron chi connectivity index (χ4n) is 3.03. The van der Waals surface area contributed by atoms with Crippen molar-refractivity contribution >= 4 is 11.6 Å². The minimum absolute atomic E-state index is 0.0710. The van der Waals surface area contributed by atoms with Gasteiger partial charge in [-0.3, -0.25) is 4.79 Å². The third kappa shape index (κ3) is 5.45. The number of nitriles is 1. The molecule has 0 saturated heterocycles. The van der Waals surface area contributed by atoms with Crippen LogP contribution in [0.5, 0.6) is 5.75 Å². The molecule has 0 aliphatic carbocycles. The molecule has 0 radical (unpaired) electrons. The van der Waals surface area contributed by atoms with Gasteiger partial charge in [-0.2, -0.15) is 5.26 Å². The van der Waals surface area contributed by atoms with Crippen LogP contribution in [-0.2, 0) is 24.2 Å². The van der Waals surface area contributed by atoms with Crippen molar-refractivity contribution in [2.24, 2.45) is 0 Å². The van der Waals surface area contributed by atoms with Crippen LogP contribution in [0.25, 0.3) is 0 Å². The maximum atomic E-state index is 12.4. The molecule has 0 aliphatic rings. The van der Waals surface area contributed by atoms with Crippen LogP contribution < -0.4 is 10.1 Å². The van der Waals surface area contributed by atoms with Crippen molar-refractivity contribution in [3.8, 4) is 11.8 Å². The quantitative estimate of drug-likeness (QED) is 0.612. The summed E-state index contributed by atoms with van der Waals surface area (Å²) < 4.78 is 11.0. The van der Waals surface area contributed by atoms with E-state index in [9.17, 15) is 4.79 Å². The van der Waals surface area contributed by atoms with E-state index in [0.717, 1.165) is 33.8 Å². The Morgan fingerprint density at radius 1 is 1.17 bits per heavy atom. The highest BCUT2D eigenvalue weighted by molar-refractivity contribution is 5.91. The molecule has 6 nitrogen and oxygen atoms in total. The first-order chi connectivity index (χ1) is 14.1. The number of carbonyl (C=O) groups excluding carboxylic acids is 1. The average molecular weight is 389 g/mol. The Balaban J connectivity index is 1.58. The van der Waals surface area contributed by atoms with Gasteiger partial charge in [0.05, 0.1) is 18.2 Å². The van der Waals surface area contributed by atoms with Crippen molar-refractivity contribution in [3.63, 3.8) is 0 Å². The largest absolute Gasteiger partial charge is 0.489 e. The molecule has 0 aliphatic heterocycles. The summed E-state index contributed by atoms with van der Waals surface area (Å²) in [6.45, 7) is 4.06. The molecule has 3 rings (SSSR count). The lowest BCUT2D eigenvalue weighted by molar-refractivity contribution is -0.116. The molecule has 0 saturated carbocycles. The van der Waals surface area contributed by atoms with Gasteiger partial charge in [0, 0.05) is 23.2 Å². The smallest absolute Gasteiger partial charge is 0.224 e. The summed E-state index contributed by atoms with van der Waals surface area (Å²) in [5, 5.41) is 15.6. The van der Waals surface area contributed by atoms with Gasteiger partial charge in [0.15, 0.2) is 0 Å². The third-order valence-corrected chi connectivity index (χ3v) is 4.68. The first-order valence-corrected chi connectivity index (χ1v) is 9.45. The molecule has 148 valence electrons. The second kappa shape index (κ2) is 9.56. The van der Waals surface area contributed by atoms with Gasteiger partial charge >= 0.3 is 0 Å². The van der Waals surface area contributed by atoms with Crippen molar-refractivity contribution in [2.75, 3.05) is 5.32 Å². The summed E-state index contributed by atoms with van der Waals surface area (Å²) in [5.74, 6) is 1.40. The molecule has 1 N–H and O–H groups in total. The van der Waals surface area contributed by atoms with Gasteiger partial charge in [0.25, 0.3) is 0 Å². The van der Waals surface area contributed by atoms with Gasteiger partial charge in [-0.25, -0.2) is 0 Å². The fourth-order valence-corrected chi connectivity index (χ4v) is 3.03. The molecule has 0 spiro atoms. The lowest BCUT2D eigenvalue weighted by atomic mass is 10.1. The number of anilines is 1. The first-order valence-electron chi connectivity index (χ1n) is 9.45. The van der Waals surface area contributed by atoms with E-state index in [0.29, 0.717) is 31.6 Å². The predicted molar refractivity (Wildman–Crippen MR) is 109 cm³/mol. The number of hydrogen-bond acceptors (Lipinski definition) is 5. The van der Waals surface area contributed by atoms with Gasteiger partial charge < -0.3 is 14.6 Å². The van der Waals surface area contributed by atoms with Gasteiger partial charge in [-0.1, -0.05) is 35.5 Å². The van der Waals surface area contributed by atoms with Crippen LogP contribution in [0.2, 0.25) is 0 Å². The van der Waals surface area contributed by atoms with Crippen LogP contribution in [0.4, 0.5) is 5.69 Å². The van der Waals surface area contributed by atoms with Crippen molar-refractivity contribution < 1.29 is 14.1 Å². The normalized spacial score (nSPS) is 10.4. The molecule has 2 aromatic carbocycles. The molecule has 1 heterocycles. The van der Waals surface area contributed by atoms with Crippen molar-refractivity contribution in [2.45, 2.75) is 39.7 Å². The minimum Gasteiger partial charge on any atom is -0.489 e. The molecule has 6 heteroatoms. The first kappa shape index (κ1) is 20.2. The SMILES string of the molecule is Cc1noc(C)c1CCC(=O)Nc1ccccc1COc1ccc(CC#N)cc1. The number of ether oxygens (including phenoxy) is 1. The highest BCUT2D eigenvalue weighted by atomic mass is 16.5. The predicted octanol–water partition coefficient (Wildman–Crippen LogP) is 4.51. The Morgan fingerprint density at radius 2 is 1.93 bits per heavy atom. The highest BCUT2D eigenvalue weighted by Gasteiger charge is 2.12. The Bertz CT molecular complexity index is 997. The van der Waals surface area contributed by atoms with E-state index in [-0.39, 0.29) is 5.91 Å². The average Bonchev–Trinajstić information content (AvgIpc) is 3.04. The number of carbonyl (C=O) groups is 1. The highest BCUT2D eigenvalue weighted by Crippen LogP contribution is 2.20. The Labute approximate surface area is 170 Å². The summed E-state index contributed by atoms with van der Waals surface area (Å²) in [5.41, 5.74) is 4.38. The lowest BCUT2D eigenvalue weighted by Crippen LogP contribution is -2.14. The number of aromatic nitrogens is 1. The maximum absolute atomic E-state index is 12.4. The Kier molecular flexibility index (Phi) is 6.64. The summed E-state index contributed by atoms with van der Waals surface area (Å²) >= 11 is 0. The zero-order chi connectivity index (χ0) is 20.6. The molecular weight excluding hydrogens is 366 g/mol. The Hall–Kier alpha value is -3.59. The van der Waals surface area contributed by atoms with E-state index in [4.69, 9.17) is 14.5 Å². The van der Waals surface area contributed by atoms with Crippen molar-refractivity contribution in [1.29, 1.82) is 5.26 Å². The van der Waals surface area contributed by atoms with Crippen LogP contribution in [0.3, 0.4) is 0 Å². The molecule has 1 amide bonds. The van der Waals surface area contributed by atoms with Gasteiger partial charge in [0.2, 0.25) is 5.91 Å². The monoisotopic (exact) mass is 389 g/mol. The molecule has 3 aromatic rings. The number of rotatable bonds is 8. The third-order valence-electron chi connectivity index (χ3n) is 4.68. The zero-order valence-corrected chi connectivity index (χ0v) is 16.6. The topological polar surface area (TPSA) is 88.2 Å². The summed E-state index contributed by atoms with van der Waals surface area (Å²) in [6.07, 6.45) is 1.31. The number of amides is 1. The number of hydrogen-bond donors (Lipinski definition) is 1. The number of nitrogens with zero attached hydrogens (tertiary/aromatic N) is 2. The van der Waals surface area contributed by atoms with Crippen molar-refractivity contribution in [3.05, 3.63) is 76.7 Å². The van der Waals surface area contributed by atoms with E-state index >= 15 is 0 Å². The van der Waals surface area contributed by atoms with Crippen LogP contribution >= 0.6 is 0 Å². The van der Waals surface area contributed by atoms with E-state index in [1.807, 2.05) is 62.4 Å². The summed E-state index contributed by atoms with van der Waals surface area (Å²) in [7, 11) is 0. The number of benzene rings is 2. The molecule has 29 heavy (non-hydrogen) atoms. The second-order valence-electron chi connectivity index (χ2n) is 6.78. The van der Waals surface area contributed by atoms with Gasteiger partial charge in [-0.15, -0.1) is 0 Å². The van der Waals surface area contributed by atoms with E-state index in [1.54, 1.807) is 0 Å². The van der Waals surface area contributed by atoms with Crippen LogP contribution in [-0.4, -0.2) is 11.1 Å². The molecular formula is C23H23N3O3. The maximum Gasteiger partial charge on any atom is 0.224 e. The second-order valence-corrected chi connectivity index (χ2v) is 6.78. The molecule has 0 atom stereocenters. The zero-order valence-electron chi connectivity index (χ0n) is 16.6. The number of para-hydroxylation sites is 1. The summed E-state index contributed by atoms with van der Waals surface area (Å²) in [6, 6.07) is 17.1. The van der Waals surface area contributed by atoms with Crippen LogP contribution in [0, 0.1) is 25.2 Å². The Morgan fingerprint density at radius 3 is 2.62 bits per heavy atom. The van der Waals surface area contributed by atoms with Crippen LogP contribution in [0.15, 0.2) is 53.1 Å². The van der Waals surface area contributed by atoms with E-state index in [1.165, 1.54) is 0 Å². The van der Waals surface area contributed by atoms with Crippen molar-refractivity contribution in [1.82, 2.24) is 5.16 Å². The minimum atomic E-state index is -0.0710. The summed E-state index contributed by atoms with van der Waals surface area (Å²) in [4.78, 5) is 12.4. The molecule has 0 fully saturated rings. The standard InChI is InChI=1S/C23H23N3O3/c1-16-21(17(2)29-26-16)11-12-23(27)25-22-6-4-3-5-19(22)15-28-20-9-7-18(8-10-20)13-14-24/h3-10H,11-13,15H2,1-2H3,(H,25,27). The molecule has 0 unspecified atom stereocenters. The number of aryl methyl sites for hydroxylation is 2. The lowest BCUT2D eigenvalue weighted by Gasteiger charge is -2.12. The van der Waals surface area contributed by atoms with Crippen LogP contribution in [0.1, 0.15) is 34.6 Å². The van der Waals surface area contributed by atoms with Gasteiger partial charge in [-0.05, 0) is 44.0 Å². The van der Waals surface area contributed by atoms with Gasteiger partial charge in [0.1, 0.15) is 18.1 Å². The molecule has 0 bridgehead atoms. The van der Waals surface area contributed by atoms with E-state index < -0.39 is 0 Å². The van der Waals surface area contributed by atoms with E-state index in [2.05, 4.69) is 16.5 Å². The fraction of sp³-hybridized carbons (Fsp3) is 0.261. The number of nitrogens with one attached hydrogen (secondary N) is 1. The molecule has 1 aromatic heterocycles.